The van der Waals surface area contributed by atoms with Crippen molar-refractivity contribution in [3.63, 3.8) is 0 Å². The molecule has 0 heterocycles. The molecule has 0 aliphatic carbocycles. The summed E-state index contributed by atoms with van der Waals surface area (Å²) >= 11 is 9.73. The van der Waals surface area contributed by atoms with Gasteiger partial charge >= 0.3 is 0 Å². The van der Waals surface area contributed by atoms with Crippen molar-refractivity contribution in [1.82, 2.24) is 0 Å². The Labute approximate surface area is 129 Å². The van der Waals surface area contributed by atoms with Gasteiger partial charge in [0, 0.05) is 11.1 Å². The SMILES string of the molecule is S=C(S)N(c1ccccc1)c1cccc2ccccc12. The molecule has 0 N–H and O–H groups in total. The Bertz CT molecular complexity index is 748. The number of thiol groups is 1. The van der Waals surface area contributed by atoms with E-state index in [4.69, 9.17) is 12.2 Å². The molecule has 0 spiro atoms. The monoisotopic (exact) mass is 295 g/mol. The van der Waals surface area contributed by atoms with Crippen LogP contribution >= 0.6 is 24.8 Å². The van der Waals surface area contributed by atoms with E-state index in [1.165, 1.54) is 5.39 Å². The van der Waals surface area contributed by atoms with Crippen molar-refractivity contribution in [1.29, 1.82) is 0 Å². The predicted molar refractivity (Wildman–Crippen MR) is 94.1 cm³/mol. The molecule has 0 amide bonds. The summed E-state index contributed by atoms with van der Waals surface area (Å²) in [4.78, 5) is 1.99. The minimum atomic E-state index is 0.535. The van der Waals surface area contributed by atoms with Crippen LogP contribution in [0, 0.1) is 0 Å². The van der Waals surface area contributed by atoms with Gasteiger partial charge < -0.3 is 0 Å². The lowest BCUT2D eigenvalue weighted by molar-refractivity contribution is 1.41. The van der Waals surface area contributed by atoms with Crippen LogP contribution < -0.4 is 4.90 Å². The number of para-hydroxylation sites is 1. The molecule has 0 bridgehead atoms. The molecule has 3 aromatic rings. The Kier molecular flexibility index (Phi) is 3.72. The first kappa shape index (κ1) is 13.2. The van der Waals surface area contributed by atoms with E-state index in [2.05, 4.69) is 36.9 Å². The molecule has 20 heavy (non-hydrogen) atoms. The van der Waals surface area contributed by atoms with Gasteiger partial charge in [0.1, 0.15) is 4.32 Å². The topological polar surface area (TPSA) is 3.24 Å². The van der Waals surface area contributed by atoms with Crippen LogP contribution in [0.25, 0.3) is 10.8 Å². The zero-order chi connectivity index (χ0) is 13.9. The Morgan fingerprint density at radius 1 is 0.800 bits per heavy atom. The molecule has 0 fully saturated rings. The molecule has 0 atom stereocenters. The van der Waals surface area contributed by atoms with Crippen molar-refractivity contribution in [3.05, 3.63) is 72.8 Å². The molecular weight excluding hydrogens is 282 g/mol. The third kappa shape index (κ3) is 2.42. The molecule has 1 nitrogen and oxygen atoms in total. The molecule has 3 aromatic carbocycles. The van der Waals surface area contributed by atoms with E-state index >= 15 is 0 Å². The molecule has 0 radical (unpaired) electrons. The van der Waals surface area contributed by atoms with E-state index in [1.807, 2.05) is 53.4 Å². The minimum Gasteiger partial charge on any atom is -0.296 e. The fraction of sp³-hybridized carbons (Fsp3) is 0. The fourth-order valence-corrected chi connectivity index (χ4v) is 2.76. The number of benzene rings is 3. The highest BCUT2D eigenvalue weighted by molar-refractivity contribution is 8.11. The number of rotatable bonds is 2. The number of nitrogens with zero attached hydrogens (tertiary/aromatic N) is 1. The van der Waals surface area contributed by atoms with Crippen molar-refractivity contribution in [3.8, 4) is 0 Å². The van der Waals surface area contributed by atoms with Gasteiger partial charge in [0.05, 0.1) is 5.69 Å². The van der Waals surface area contributed by atoms with Crippen molar-refractivity contribution in [2.24, 2.45) is 0 Å². The van der Waals surface area contributed by atoms with Gasteiger partial charge in [-0.15, -0.1) is 12.6 Å². The fourth-order valence-electron chi connectivity index (χ4n) is 2.33. The van der Waals surface area contributed by atoms with Gasteiger partial charge in [-0.1, -0.05) is 66.8 Å². The largest absolute Gasteiger partial charge is 0.296 e. The second-order valence-electron chi connectivity index (χ2n) is 4.45. The van der Waals surface area contributed by atoms with Crippen LogP contribution in [0.1, 0.15) is 0 Å². The summed E-state index contributed by atoms with van der Waals surface area (Å²) in [6, 6.07) is 24.5. The van der Waals surface area contributed by atoms with Gasteiger partial charge in [0.15, 0.2) is 0 Å². The van der Waals surface area contributed by atoms with Gasteiger partial charge in [0.2, 0.25) is 0 Å². The second kappa shape index (κ2) is 5.65. The van der Waals surface area contributed by atoms with Crippen LogP contribution in [-0.4, -0.2) is 4.32 Å². The zero-order valence-corrected chi connectivity index (χ0v) is 12.4. The molecule has 0 saturated heterocycles. The van der Waals surface area contributed by atoms with Gasteiger partial charge in [-0.3, -0.25) is 4.90 Å². The van der Waals surface area contributed by atoms with Gasteiger partial charge in [0.25, 0.3) is 0 Å². The molecule has 0 aromatic heterocycles. The average Bonchev–Trinajstić information content (AvgIpc) is 2.48. The van der Waals surface area contributed by atoms with Crippen LogP contribution in [0.2, 0.25) is 0 Å². The van der Waals surface area contributed by atoms with E-state index in [0.717, 1.165) is 16.8 Å². The first-order chi connectivity index (χ1) is 9.77. The summed E-state index contributed by atoms with van der Waals surface area (Å²) in [5.41, 5.74) is 2.07. The van der Waals surface area contributed by atoms with Crippen LogP contribution in [0.3, 0.4) is 0 Å². The van der Waals surface area contributed by atoms with Crippen molar-refractivity contribution >= 4 is 51.3 Å². The maximum atomic E-state index is 5.33. The quantitative estimate of drug-likeness (QED) is 0.512. The Hall–Kier alpha value is -1.84. The first-order valence-corrected chi connectivity index (χ1v) is 7.19. The van der Waals surface area contributed by atoms with E-state index < -0.39 is 0 Å². The maximum absolute atomic E-state index is 5.33. The number of fused-ring (bicyclic) bond motifs is 1. The first-order valence-electron chi connectivity index (χ1n) is 6.33. The van der Waals surface area contributed by atoms with Gasteiger partial charge in [-0.05, 0) is 23.6 Å². The summed E-state index contributed by atoms with van der Waals surface area (Å²) in [5.74, 6) is 0. The number of thiocarbonyl (C=S) groups is 1. The van der Waals surface area contributed by atoms with Gasteiger partial charge in [-0.2, -0.15) is 0 Å². The van der Waals surface area contributed by atoms with E-state index in [9.17, 15) is 0 Å². The lowest BCUT2D eigenvalue weighted by Crippen LogP contribution is -2.19. The predicted octanol–water partition coefficient (Wildman–Crippen LogP) is 5.19. The molecule has 3 rings (SSSR count). The molecule has 0 unspecified atom stereocenters. The van der Waals surface area contributed by atoms with Crippen LogP contribution in [-0.2, 0) is 0 Å². The van der Waals surface area contributed by atoms with Crippen molar-refractivity contribution in [2.75, 3.05) is 4.90 Å². The van der Waals surface area contributed by atoms with Crippen molar-refractivity contribution < 1.29 is 0 Å². The Balaban J connectivity index is 2.23. The highest BCUT2D eigenvalue weighted by Gasteiger charge is 2.14. The average molecular weight is 295 g/mol. The number of hydrogen-bond donors (Lipinski definition) is 1. The summed E-state index contributed by atoms with van der Waals surface area (Å²) < 4.78 is 0.535. The standard InChI is InChI=1S/C17H13NS2/c19-17(20)18(14-9-2-1-3-10-14)16-12-6-8-13-7-4-5-11-15(13)16/h1-12H,(H,19,20). The second-order valence-corrected chi connectivity index (χ2v) is 5.56. The van der Waals surface area contributed by atoms with Gasteiger partial charge in [-0.25, -0.2) is 0 Å². The van der Waals surface area contributed by atoms with E-state index in [-0.39, 0.29) is 0 Å². The molecule has 0 saturated carbocycles. The molecular formula is C17H13NS2. The highest BCUT2D eigenvalue weighted by Crippen LogP contribution is 2.33. The van der Waals surface area contributed by atoms with E-state index in [1.54, 1.807) is 0 Å². The van der Waals surface area contributed by atoms with Crippen LogP contribution in [0.15, 0.2) is 72.8 Å². The molecule has 3 heteroatoms. The summed E-state index contributed by atoms with van der Waals surface area (Å²) in [6.45, 7) is 0. The molecule has 0 aliphatic rings. The van der Waals surface area contributed by atoms with Crippen LogP contribution in [0.5, 0.6) is 0 Å². The Morgan fingerprint density at radius 2 is 1.45 bits per heavy atom. The smallest absolute Gasteiger partial charge is 0.142 e. The maximum Gasteiger partial charge on any atom is 0.142 e. The van der Waals surface area contributed by atoms with Crippen molar-refractivity contribution in [2.45, 2.75) is 0 Å². The third-order valence-electron chi connectivity index (χ3n) is 3.21. The lowest BCUT2D eigenvalue weighted by Gasteiger charge is -2.24. The minimum absolute atomic E-state index is 0.535. The summed E-state index contributed by atoms with van der Waals surface area (Å²) in [6.07, 6.45) is 0. The lowest BCUT2D eigenvalue weighted by atomic mass is 10.1. The van der Waals surface area contributed by atoms with Crippen LogP contribution in [0.4, 0.5) is 11.4 Å². The Morgan fingerprint density at radius 3 is 2.20 bits per heavy atom. The third-order valence-corrected chi connectivity index (χ3v) is 3.60. The normalized spacial score (nSPS) is 10.4. The molecule has 98 valence electrons. The van der Waals surface area contributed by atoms with E-state index in [0.29, 0.717) is 4.32 Å². The zero-order valence-electron chi connectivity index (χ0n) is 10.7. The molecule has 0 aliphatic heterocycles. The highest BCUT2D eigenvalue weighted by atomic mass is 32.1. The number of hydrogen-bond acceptors (Lipinski definition) is 1. The summed E-state index contributed by atoms with van der Waals surface area (Å²) in [7, 11) is 0. The summed E-state index contributed by atoms with van der Waals surface area (Å²) in [5, 5.41) is 2.35. The number of anilines is 2.